The van der Waals surface area contributed by atoms with E-state index < -0.39 is 18.1 Å². The highest BCUT2D eigenvalue weighted by molar-refractivity contribution is 5.81. The number of nitrogens with one attached hydrogen (secondary N) is 1. The second kappa shape index (κ2) is 7.35. The van der Waals surface area contributed by atoms with Crippen molar-refractivity contribution in [2.45, 2.75) is 19.4 Å². The van der Waals surface area contributed by atoms with E-state index in [4.69, 9.17) is 4.74 Å². The summed E-state index contributed by atoms with van der Waals surface area (Å²) in [5.74, 6) is -0.950. The molecule has 0 saturated heterocycles. The summed E-state index contributed by atoms with van der Waals surface area (Å²) in [6.07, 6.45) is -0.494. The van der Waals surface area contributed by atoms with Crippen LogP contribution in [0.25, 0.3) is 0 Å². The highest BCUT2D eigenvalue weighted by atomic mass is 19.1. The number of methoxy groups -OCH3 is 1. The van der Waals surface area contributed by atoms with Crippen LogP contribution >= 0.6 is 0 Å². The summed E-state index contributed by atoms with van der Waals surface area (Å²) in [6, 6.07) is 4.78. The van der Waals surface area contributed by atoms with Crippen molar-refractivity contribution >= 4 is 12.1 Å². The van der Waals surface area contributed by atoms with Gasteiger partial charge < -0.3 is 14.8 Å². The van der Waals surface area contributed by atoms with Gasteiger partial charge in [-0.2, -0.15) is 0 Å². The van der Waals surface area contributed by atoms with E-state index in [1.54, 1.807) is 6.92 Å². The van der Waals surface area contributed by atoms with E-state index in [0.29, 0.717) is 5.56 Å². The van der Waals surface area contributed by atoms with Crippen molar-refractivity contribution in [3.05, 3.63) is 35.6 Å². The molecule has 1 atom stereocenters. The third-order valence-corrected chi connectivity index (χ3v) is 2.41. The van der Waals surface area contributed by atoms with Gasteiger partial charge in [0.15, 0.2) is 0 Å². The smallest absolute Gasteiger partial charge is 0.407 e. The summed E-state index contributed by atoms with van der Waals surface area (Å²) in [4.78, 5) is 22.9. The first kappa shape index (κ1) is 14.9. The van der Waals surface area contributed by atoms with Gasteiger partial charge in [0.25, 0.3) is 0 Å². The fourth-order valence-electron chi connectivity index (χ4n) is 1.51. The molecule has 6 heteroatoms. The monoisotopic (exact) mass is 269 g/mol. The Labute approximate surface area is 110 Å². The van der Waals surface area contributed by atoms with Gasteiger partial charge in [-0.1, -0.05) is 12.1 Å². The maximum absolute atomic E-state index is 12.8. The minimum Gasteiger partial charge on any atom is -0.467 e. The van der Waals surface area contributed by atoms with Gasteiger partial charge in [0.1, 0.15) is 11.9 Å². The minimum absolute atomic E-state index is 0.200. The summed E-state index contributed by atoms with van der Waals surface area (Å²) < 4.78 is 22.1. The number of halogens is 1. The number of carbonyl (C=O) groups excluding carboxylic acids is 2. The van der Waals surface area contributed by atoms with Crippen molar-refractivity contribution in [1.82, 2.24) is 5.32 Å². The molecule has 0 saturated carbocycles. The number of amides is 1. The van der Waals surface area contributed by atoms with Gasteiger partial charge in [-0.3, -0.25) is 0 Å². The number of alkyl carbamates (subject to hydrolysis) is 1. The zero-order valence-electron chi connectivity index (χ0n) is 10.8. The molecule has 0 aliphatic rings. The van der Waals surface area contributed by atoms with Gasteiger partial charge in [-0.15, -0.1) is 0 Å². The van der Waals surface area contributed by atoms with Crippen LogP contribution in [0.4, 0.5) is 9.18 Å². The van der Waals surface area contributed by atoms with Crippen LogP contribution in [0.15, 0.2) is 24.3 Å². The Morgan fingerprint density at radius 3 is 2.47 bits per heavy atom. The average Bonchev–Trinajstić information content (AvgIpc) is 2.40. The van der Waals surface area contributed by atoms with E-state index in [9.17, 15) is 14.0 Å². The van der Waals surface area contributed by atoms with Gasteiger partial charge in [0.2, 0.25) is 0 Å². The van der Waals surface area contributed by atoms with Crippen LogP contribution in [-0.2, 0) is 20.7 Å². The molecule has 0 radical (unpaired) electrons. The summed E-state index contributed by atoms with van der Waals surface area (Å²) in [7, 11) is 1.23. The molecular formula is C13H16FNO4. The summed E-state index contributed by atoms with van der Waals surface area (Å²) in [5, 5.41) is 2.40. The topological polar surface area (TPSA) is 64.6 Å². The fraction of sp³-hybridized carbons (Fsp3) is 0.385. The van der Waals surface area contributed by atoms with Crippen LogP contribution in [0.1, 0.15) is 12.5 Å². The number of hydrogen-bond acceptors (Lipinski definition) is 4. The number of ether oxygens (including phenoxy) is 2. The van der Waals surface area contributed by atoms with Crippen LogP contribution in [0.3, 0.4) is 0 Å². The highest BCUT2D eigenvalue weighted by Gasteiger charge is 2.22. The largest absolute Gasteiger partial charge is 0.467 e. The van der Waals surface area contributed by atoms with Crippen molar-refractivity contribution in [3.8, 4) is 0 Å². The Morgan fingerprint density at radius 1 is 1.32 bits per heavy atom. The lowest BCUT2D eigenvalue weighted by Gasteiger charge is -2.16. The van der Waals surface area contributed by atoms with E-state index in [-0.39, 0.29) is 18.8 Å². The Morgan fingerprint density at radius 2 is 1.95 bits per heavy atom. The Kier molecular flexibility index (Phi) is 5.78. The van der Waals surface area contributed by atoms with Crippen molar-refractivity contribution in [3.63, 3.8) is 0 Å². The SMILES string of the molecule is CCOC(=O)N[C@H](Cc1ccc(F)cc1)C(=O)OC. The lowest BCUT2D eigenvalue weighted by Crippen LogP contribution is -2.43. The normalized spacial score (nSPS) is 11.5. The van der Waals surface area contributed by atoms with Gasteiger partial charge >= 0.3 is 12.1 Å². The molecule has 1 aromatic carbocycles. The summed E-state index contributed by atoms with van der Waals surface area (Å²) in [6.45, 7) is 1.86. The first-order valence-electron chi connectivity index (χ1n) is 5.82. The molecule has 0 heterocycles. The van der Waals surface area contributed by atoms with E-state index in [2.05, 4.69) is 10.1 Å². The molecule has 1 aromatic rings. The molecule has 0 aliphatic carbocycles. The molecule has 1 amide bonds. The Balaban J connectivity index is 2.71. The van der Waals surface area contributed by atoms with E-state index in [1.165, 1.54) is 31.4 Å². The van der Waals surface area contributed by atoms with Crippen LogP contribution < -0.4 is 5.32 Å². The van der Waals surface area contributed by atoms with Crippen LogP contribution in [0.5, 0.6) is 0 Å². The Bertz CT molecular complexity index is 433. The third-order valence-electron chi connectivity index (χ3n) is 2.41. The first-order chi connectivity index (χ1) is 9.06. The van der Waals surface area contributed by atoms with E-state index >= 15 is 0 Å². The van der Waals surface area contributed by atoms with Crippen LogP contribution in [0, 0.1) is 5.82 Å². The standard InChI is InChI=1S/C13H16FNO4/c1-3-19-13(17)15-11(12(16)18-2)8-9-4-6-10(14)7-5-9/h4-7,11H,3,8H2,1-2H3,(H,15,17)/t11-/m1/s1. The second-order valence-corrected chi connectivity index (χ2v) is 3.77. The maximum atomic E-state index is 12.8. The van der Waals surface area contributed by atoms with Crippen molar-refractivity contribution in [2.75, 3.05) is 13.7 Å². The number of hydrogen-bond donors (Lipinski definition) is 1. The molecule has 1 N–H and O–H groups in total. The Hall–Kier alpha value is -2.11. The molecule has 0 fully saturated rings. The molecule has 104 valence electrons. The summed E-state index contributed by atoms with van der Waals surface area (Å²) in [5.41, 5.74) is 0.702. The second-order valence-electron chi connectivity index (χ2n) is 3.77. The average molecular weight is 269 g/mol. The molecule has 0 bridgehead atoms. The number of benzene rings is 1. The number of rotatable bonds is 5. The lowest BCUT2D eigenvalue weighted by molar-refractivity contribution is -0.142. The molecule has 0 unspecified atom stereocenters. The lowest BCUT2D eigenvalue weighted by atomic mass is 10.1. The molecule has 19 heavy (non-hydrogen) atoms. The van der Waals surface area contributed by atoms with Crippen molar-refractivity contribution in [2.24, 2.45) is 0 Å². The number of carbonyl (C=O) groups is 2. The zero-order valence-corrected chi connectivity index (χ0v) is 10.8. The maximum Gasteiger partial charge on any atom is 0.407 e. The van der Waals surface area contributed by atoms with Crippen molar-refractivity contribution < 1.29 is 23.5 Å². The molecular weight excluding hydrogens is 253 g/mol. The van der Waals surface area contributed by atoms with Gasteiger partial charge in [-0.05, 0) is 24.6 Å². The molecule has 0 aromatic heterocycles. The predicted molar refractivity (Wildman–Crippen MR) is 66.1 cm³/mol. The van der Waals surface area contributed by atoms with Crippen molar-refractivity contribution in [1.29, 1.82) is 0 Å². The van der Waals surface area contributed by atoms with Crippen LogP contribution in [-0.4, -0.2) is 31.8 Å². The quantitative estimate of drug-likeness (QED) is 0.826. The van der Waals surface area contributed by atoms with E-state index in [1.807, 2.05) is 0 Å². The van der Waals surface area contributed by atoms with Gasteiger partial charge in [0, 0.05) is 6.42 Å². The molecule has 5 nitrogen and oxygen atoms in total. The fourth-order valence-corrected chi connectivity index (χ4v) is 1.51. The third kappa shape index (κ3) is 4.95. The van der Waals surface area contributed by atoms with Gasteiger partial charge in [0.05, 0.1) is 13.7 Å². The summed E-state index contributed by atoms with van der Waals surface area (Å²) >= 11 is 0. The molecule has 0 spiro atoms. The first-order valence-corrected chi connectivity index (χ1v) is 5.82. The molecule has 1 rings (SSSR count). The van der Waals surface area contributed by atoms with Crippen LogP contribution in [0.2, 0.25) is 0 Å². The predicted octanol–water partition coefficient (Wildman–Crippen LogP) is 1.66. The molecule has 0 aliphatic heterocycles. The van der Waals surface area contributed by atoms with E-state index in [0.717, 1.165) is 0 Å². The number of esters is 1. The highest BCUT2D eigenvalue weighted by Crippen LogP contribution is 2.07. The zero-order chi connectivity index (χ0) is 14.3. The minimum atomic E-state index is -0.866. The van der Waals surface area contributed by atoms with Gasteiger partial charge in [-0.25, -0.2) is 14.0 Å².